The molecule has 0 spiro atoms. The first kappa shape index (κ1) is 15.3. The van der Waals surface area contributed by atoms with Crippen molar-refractivity contribution in [2.45, 2.75) is 25.7 Å². The monoisotopic (exact) mass is 272 g/mol. The number of hydrogen-bond acceptors (Lipinski definition) is 4. The predicted octanol–water partition coefficient (Wildman–Crippen LogP) is 0.446. The summed E-state index contributed by atoms with van der Waals surface area (Å²) >= 11 is 0. The number of carboxylic acid groups (broad SMARTS) is 1. The number of methoxy groups -OCH3 is 1. The normalized spacial score (nSPS) is 16.1. The molecule has 0 unspecified atom stereocenters. The SMILES string of the molecule is COC(=O)CCN(C)C(=O)NCC1(C(=O)O)CCC1. The van der Waals surface area contributed by atoms with Gasteiger partial charge in [0.25, 0.3) is 0 Å². The van der Waals surface area contributed by atoms with E-state index in [0.29, 0.717) is 12.8 Å². The Labute approximate surface area is 111 Å². The van der Waals surface area contributed by atoms with Crippen LogP contribution in [0, 0.1) is 5.41 Å². The van der Waals surface area contributed by atoms with E-state index in [0.717, 1.165) is 6.42 Å². The lowest BCUT2D eigenvalue weighted by Crippen LogP contribution is -2.50. The van der Waals surface area contributed by atoms with E-state index in [-0.39, 0.29) is 31.5 Å². The Balaban J connectivity index is 2.34. The minimum atomic E-state index is -0.865. The van der Waals surface area contributed by atoms with Gasteiger partial charge in [0.2, 0.25) is 0 Å². The molecule has 7 nitrogen and oxygen atoms in total. The van der Waals surface area contributed by atoms with Gasteiger partial charge in [0.1, 0.15) is 0 Å². The number of carbonyl (C=O) groups excluding carboxylic acids is 2. The third-order valence-electron chi connectivity index (χ3n) is 3.57. The van der Waals surface area contributed by atoms with E-state index in [2.05, 4.69) is 10.1 Å². The van der Waals surface area contributed by atoms with Crippen LogP contribution < -0.4 is 5.32 Å². The molecule has 0 aromatic heterocycles. The van der Waals surface area contributed by atoms with Crippen LogP contribution in [0.15, 0.2) is 0 Å². The van der Waals surface area contributed by atoms with Gasteiger partial charge in [-0.25, -0.2) is 4.79 Å². The molecule has 1 rings (SSSR count). The zero-order valence-corrected chi connectivity index (χ0v) is 11.3. The highest BCUT2D eigenvalue weighted by Gasteiger charge is 2.44. The van der Waals surface area contributed by atoms with Gasteiger partial charge in [0, 0.05) is 20.1 Å². The first-order chi connectivity index (χ1) is 8.91. The fourth-order valence-electron chi connectivity index (χ4n) is 1.91. The molecule has 2 amide bonds. The third-order valence-corrected chi connectivity index (χ3v) is 3.57. The maximum absolute atomic E-state index is 11.7. The summed E-state index contributed by atoms with van der Waals surface area (Å²) in [4.78, 5) is 35.1. The summed E-state index contributed by atoms with van der Waals surface area (Å²) in [6, 6.07) is -0.378. The number of nitrogens with one attached hydrogen (secondary N) is 1. The van der Waals surface area contributed by atoms with Crippen LogP contribution in [0.3, 0.4) is 0 Å². The molecule has 19 heavy (non-hydrogen) atoms. The summed E-state index contributed by atoms with van der Waals surface area (Å²) in [5.74, 6) is -1.25. The lowest BCUT2D eigenvalue weighted by Gasteiger charge is -2.37. The van der Waals surface area contributed by atoms with Crippen molar-refractivity contribution in [2.75, 3.05) is 27.2 Å². The Kier molecular flexibility index (Phi) is 5.14. The van der Waals surface area contributed by atoms with Gasteiger partial charge >= 0.3 is 18.0 Å². The van der Waals surface area contributed by atoms with E-state index in [1.54, 1.807) is 7.05 Å². The van der Waals surface area contributed by atoms with E-state index in [1.807, 2.05) is 0 Å². The van der Waals surface area contributed by atoms with Crippen LogP contribution in [0.5, 0.6) is 0 Å². The van der Waals surface area contributed by atoms with E-state index in [4.69, 9.17) is 5.11 Å². The number of urea groups is 1. The molecule has 0 aromatic carbocycles. The summed E-state index contributed by atoms with van der Waals surface area (Å²) in [7, 11) is 2.84. The zero-order chi connectivity index (χ0) is 14.5. The molecule has 1 fully saturated rings. The van der Waals surface area contributed by atoms with Crippen molar-refractivity contribution in [3.05, 3.63) is 0 Å². The quantitative estimate of drug-likeness (QED) is 0.684. The van der Waals surface area contributed by atoms with E-state index in [9.17, 15) is 14.4 Å². The van der Waals surface area contributed by atoms with Crippen molar-refractivity contribution >= 4 is 18.0 Å². The minimum absolute atomic E-state index is 0.116. The number of carboxylic acids is 1. The van der Waals surface area contributed by atoms with E-state index in [1.165, 1.54) is 12.0 Å². The Morgan fingerprint density at radius 1 is 1.37 bits per heavy atom. The molecule has 0 bridgehead atoms. The highest BCUT2D eigenvalue weighted by molar-refractivity contribution is 5.79. The number of amides is 2. The van der Waals surface area contributed by atoms with Gasteiger partial charge in [-0.05, 0) is 12.8 Å². The Morgan fingerprint density at radius 3 is 2.42 bits per heavy atom. The highest BCUT2D eigenvalue weighted by atomic mass is 16.5. The average Bonchev–Trinajstić information content (AvgIpc) is 2.33. The van der Waals surface area contributed by atoms with Crippen LogP contribution in [-0.2, 0) is 14.3 Å². The number of nitrogens with zero attached hydrogens (tertiary/aromatic N) is 1. The minimum Gasteiger partial charge on any atom is -0.481 e. The fraction of sp³-hybridized carbons (Fsp3) is 0.750. The molecular formula is C12H20N2O5. The van der Waals surface area contributed by atoms with Crippen molar-refractivity contribution in [2.24, 2.45) is 5.41 Å². The van der Waals surface area contributed by atoms with Crippen LogP contribution in [0.4, 0.5) is 4.79 Å². The van der Waals surface area contributed by atoms with Gasteiger partial charge in [-0.1, -0.05) is 6.42 Å². The lowest BCUT2D eigenvalue weighted by atomic mass is 9.69. The van der Waals surface area contributed by atoms with Crippen LogP contribution >= 0.6 is 0 Å². The van der Waals surface area contributed by atoms with Crippen molar-refractivity contribution in [1.29, 1.82) is 0 Å². The molecule has 2 N–H and O–H groups in total. The smallest absolute Gasteiger partial charge is 0.317 e. The van der Waals surface area contributed by atoms with Gasteiger partial charge < -0.3 is 20.1 Å². The van der Waals surface area contributed by atoms with Crippen LogP contribution in [-0.4, -0.2) is 55.2 Å². The van der Waals surface area contributed by atoms with Crippen LogP contribution in [0.2, 0.25) is 0 Å². The average molecular weight is 272 g/mol. The molecule has 0 heterocycles. The van der Waals surface area contributed by atoms with Gasteiger partial charge in [-0.15, -0.1) is 0 Å². The second kappa shape index (κ2) is 6.40. The maximum atomic E-state index is 11.7. The van der Waals surface area contributed by atoms with E-state index >= 15 is 0 Å². The van der Waals surface area contributed by atoms with Gasteiger partial charge in [-0.3, -0.25) is 9.59 Å². The summed E-state index contributed by atoms with van der Waals surface area (Å²) in [5, 5.41) is 11.7. The molecule has 0 aliphatic heterocycles. The number of rotatable bonds is 6. The van der Waals surface area contributed by atoms with Crippen LogP contribution in [0.25, 0.3) is 0 Å². The van der Waals surface area contributed by atoms with Crippen LogP contribution in [0.1, 0.15) is 25.7 Å². The summed E-state index contributed by atoms with van der Waals surface area (Å²) in [5.41, 5.74) is -0.807. The highest BCUT2D eigenvalue weighted by Crippen LogP contribution is 2.40. The molecule has 108 valence electrons. The molecular weight excluding hydrogens is 252 g/mol. The number of esters is 1. The molecule has 1 aliphatic rings. The molecule has 7 heteroatoms. The molecule has 0 saturated heterocycles. The number of carbonyl (C=O) groups is 3. The van der Waals surface area contributed by atoms with Crippen molar-refractivity contribution in [3.8, 4) is 0 Å². The second-order valence-corrected chi connectivity index (χ2v) is 4.85. The Bertz CT molecular complexity index is 365. The van der Waals surface area contributed by atoms with Gasteiger partial charge in [-0.2, -0.15) is 0 Å². The Hall–Kier alpha value is -1.79. The van der Waals surface area contributed by atoms with Crippen molar-refractivity contribution in [1.82, 2.24) is 10.2 Å². The topological polar surface area (TPSA) is 95.9 Å². The summed E-state index contributed by atoms with van der Waals surface area (Å²) in [6.45, 7) is 0.363. The first-order valence-corrected chi connectivity index (χ1v) is 6.20. The standard InChI is InChI=1S/C12H20N2O5/c1-14(7-4-9(15)19-2)11(18)13-8-12(10(16)17)5-3-6-12/h3-8H2,1-2H3,(H,13,18)(H,16,17). The van der Waals surface area contributed by atoms with Gasteiger partial charge in [0.05, 0.1) is 18.9 Å². The van der Waals surface area contributed by atoms with Gasteiger partial charge in [0.15, 0.2) is 0 Å². The van der Waals surface area contributed by atoms with Crippen molar-refractivity contribution < 1.29 is 24.2 Å². The maximum Gasteiger partial charge on any atom is 0.317 e. The third kappa shape index (κ3) is 3.84. The number of hydrogen-bond donors (Lipinski definition) is 2. The predicted molar refractivity (Wildman–Crippen MR) is 66.6 cm³/mol. The molecule has 1 saturated carbocycles. The largest absolute Gasteiger partial charge is 0.481 e. The van der Waals surface area contributed by atoms with Crippen molar-refractivity contribution in [3.63, 3.8) is 0 Å². The molecule has 0 aromatic rings. The summed E-state index contributed by atoms with van der Waals surface area (Å²) < 4.78 is 4.48. The van der Waals surface area contributed by atoms with E-state index < -0.39 is 11.4 Å². The Morgan fingerprint density at radius 2 is 2.00 bits per heavy atom. The second-order valence-electron chi connectivity index (χ2n) is 4.85. The zero-order valence-electron chi connectivity index (χ0n) is 11.3. The molecule has 0 atom stereocenters. The first-order valence-electron chi connectivity index (χ1n) is 6.20. The summed E-state index contributed by atoms with van der Waals surface area (Å²) in [6.07, 6.45) is 2.17. The molecule has 0 radical (unpaired) electrons. The number of aliphatic carboxylic acids is 1. The number of ether oxygens (including phenoxy) is 1. The fourth-order valence-corrected chi connectivity index (χ4v) is 1.91. The lowest BCUT2D eigenvalue weighted by molar-refractivity contribution is -0.153. The molecule has 1 aliphatic carbocycles.